The van der Waals surface area contributed by atoms with E-state index < -0.39 is 0 Å². The molecule has 0 aliphatic rings. The van der Waals surface area contributed by atoms with E-state index in [-0.39, 0.29) is 5.82 Å². The van der Waals surface area contributed by atoms with Crippen molar-refractivity contribution in [1.82, 2.24) is 4.98 Å². The van der Waals surface area contributed by atoms with E-state index in [2.05, 4.69) is 36.3 Å². The van der Waals surface area contributed by atoms with Crippen LogP contribution in [0.3, 0.4) is 0 Å². The maximum Gasteiger partial charge on any atom is 0.141 e. The number of aromatic nitrogens is 1. The molecule has 0 radical (unpaired) electrons. The molecule has 0 aliphatic heterocycles. The first kappa shape index (κ1) is 11.6. The summed E-state index contributed by atoms with van der Waals surface area (Å²) in [5, 5.41) is 3.32. The zero-order valence-electron chi connectivity index (χ0n) is 10.00. The third-order valence-electron chi connectivity index (χ3n) is 2.71. The van der Waals surface area contributed by atoms with Crippen molar-refractivity contribution in [3.63, 3.8) is 0 Å². The minimum Gasteiger partial charge on any atom is -0.380 e. The summed E-state index contributed by atoms with van der Waals surface area (Å²) in [6.45, 7) is 4.69. The van der Waals surface area contributed by atoms with E-state index in [0.717, 1.165) is 11.3 Å². The van der Waals surface area contributed by atoms with Crippen LogP contribution in [0.4, 0.5) is 10.1 Å². The second-order valence-electron chi connectivity index (χ2n) is 4.13. The Labute approximate surface area is 101 Å². The van der Waals surface area contributed by atoms with Crippen LogP contribution in [0, 0.1) is 19.7 Å². The minimum atomic E-state index is -0.300. The largest absolute Gasteiger partial charge is 0.380 e. The van der Waals surface area contributed by atoms with Gasteiger partial charge in [0.2, 0.25) is 0 Å². The second kappa shape index (κ2) is 4.95. The Hall–Kier alpha value is -1.90. The van der Waals surface area contributed by atoms with Crippen LogP contribution in [0.5, 0.6) is 0 Å². The summed E-state index contributed by atoms with van der Waals surface area (Å²) in [4.78, 5) is 3.83. The summed E-state index contributed by atoms with van der Waals surface area (Å²) in [6.07, 6.45) is 2.88. The summed E-state index contributed by atoms with van der Waals surface area (Å²) in [7, 11) is 0. The predicted octanol–water partition coefficient (Wildman–Crippen LogP) is 3.45. The second-order valence-corrected chi connectivity index (χ2v) is 4.13. The van der Waals surface area contributed by atoms with Crippen molar-refractivity contribution in [3.8, 4) is 0 Å². The molecule has 2 rings (SSSR count). The Morgan fingerprint density at radius 1 is 1.18 bits per heavy atom. The number of halogens is 1. The number of hydrogen-bond acceptors (Lipinski definition) is 2. The highest BCUT2D eigenvalue weighted by atomic mass is 19.1. The number of anilines is 1. The van der Waals surface area contributed by atoms with E-state index in [1.165, 1.54) is 23.4 Å². The average molecular weight is 230 g/mol. The van der Waals surface area contributed by atoms with Gasteiger partial charge in [0.05, 0.1) is 6.20 Å². The molecule has 1 aromatic heterocycles. The Balaban J connectivity index is 2.13. The molecule has 0 amide bonds. The van der Waals surface area contributed by atoms with Crippen molar-refractivity contribution >= 4 is 5.69 Å². The number of rotatable bonds is 3. The summed E-state index contributed by atoms with van der Waals surface area (Å²) >= 11 is 0. The van der Waals surface area contributed by atoms with Crippen molar-refractivity contribution in [2.45, 2.75) is 20.4 Å². The van der Waals surface area contributed by atoms with Crippen molar-refractivity contribution in [2.24, 2.45) is 0 Å². The highest BCUT2D eigenvalue weighted by Gasteiger charge is 2.02. The van der Waals surface area contributed by atoms with Gasteiger partial charge >= 0.3 is 0 Å². The molecule has 3 heteroatoms. The van der Waals surface area contributed by atoms with E-state index in [1.54, 1.807) is 6.20 Å². The van der Waals surface area contributed by atoms with Gasteiger partial charge in [0.15, 0.2) is 0 Å². The van der Waals surface area contributed by atoms with Crippen LogP contribution < -0.4 is 5.32 Å². The van der Waals surface area contributed by atoms with Crippen LogP contribution in [0.15, 0.2) is 36.7 Å². The first-order valence-electron chi connectivity index (χ1n) is 5.56. The van der Waals surface area contributed by atoms with Gasteiger partial charge in [-0.25, -0.2) is 4.39 Å². The van der Waals surface area contributed by atoms with Gasteiger partial charge in [-0.3, -0.25) is 4.98 Å². The van der Waals surface area contributed by atoms with E-state index in [0.29, 0.717) is 6.54 Å². The molecule has 1 N–H and O–H groups in total. The number of pyridine rings is 1. The van der Waals surface area contributed by atoms with Gasteiger partial charge < -0.3 is 5.32 Å². The van der Waals surface area contributed by atoms with Crippen LogP contribution in [0.25, 0.3) is 0 Å². The first-order valence-corrected chi connectivity index (χ1v) is 5.56. The lowest BCUT2D eigenvalue weighted by molar-refractivity contribution is 0.619. The van der Waals surface area contributed by atoms with Crippen molar-refractivity contribution < 1.29 is 4.39 Å². The number of benzene rings is 1. The zero-order chi connectivity index (χ0) is 12.3. The number of para-hydroxylation sites is 1. The standard InChI is InChI=1S/C14H15FN2/c1-10-4-3-5-11(2)14(10)17-8-12-6-13(15)9-16-7-12/h3-7,9,17H,8H2,1-2H3. The molecule has 1 heterocycles. The molecule has 0 bridgehead atoms. The Morgan fingerprint density at radius 2 is 1.88 bits per heavy atom. The third kappa shape index (κ3) is 2.81. The number of nitrogens with zero attached hydrogens (tertiary/aromatic N) is 1. The van der Waals surface area contributed by atoms with Crippen molar-refractivity contribution in [3.05, 3.63) is 59.2 Å². The van der Waals surface area contributed by atoms with E-state index in [1.807, 2.05) is 6.07 Å². The van der Waals surface area contributed by atoms with Gasteiger partial charge in [0.1, 0.15) is 5.82 Å². The van der Waals surface area contributed by atoms with Gasteiger partial charge in [-0.15, -0.1) is 0 Å². The Bertz CT molecular complexity index is 503. The van der Waals surface area contributed by atoms with Gasteiger partial charge in [-0.05, 0) is 36.6 Å². The van der Waals surface area contributed by atoms with Crippen LogP contribution in [0.2, 0.25) is 0 Å². The van der Waals surface area contributed by atoms with Crippen LogP contribution >= 0.6 is 0 Å². The molecule has 1 aromatic carbocycles. The number of nitrogens with one attached hydrogen (secondary N) is 1. The molecule has 0 aliphatic carbocycles. The molecule has 0 spiro atoms. The smallest absolute Gasteiger partial charge is 0.141 e. The van der Waals surface area contributed by atoms with Gasteiger partial charge in [-0.1, -0.05) is 18.2 Å². The maximum atomic E-state index is 13.0. The monoisotopic (exact) mass is 230 g/mol. The lowest BCUT2D eigenvalue weighted by atomic mass is 10.1. The summed E-state index contributed by atoms with van der Waals surface area (Å²) in [5.74, 6) is -0.300. The van der Waals surface area contributed by atoms with E-state index >= 15 is 0 Å². The molecular weight excluding hydrogens is 215 g/mol. The lowest BCUT2D eigenvalue weighted by Gasteiger charge is -2.12. The van der Waals surface area contributed by atoms with E-state index in [4.69, 9.17) is 0 Å². The lowest BCUT2D eigenvalue weighted by Crippen LogP contribution is -2.03. The van der Waals surface area contributed by atoms with Crippen LogP contribution in [-0.4, -0.2) is 4.98 Å². The molecule has 2 aromatic rings. The fraction of sp³-hybridized carbons (Fsp3) is 0.214. The Morgan fingerprint density at radius 3 is 2.53 bits per heavy atom. The number of hydrogen-bond donors (Lipinski definition) is 1. The quantitative estimate of drug-likeness (QED) is 0.873. The summed E-state index contributed by atoms with van der Waals surface area (Å²) in [5.41, 5.74) is 4.33. The molecule has 0 fully saturated rings. The zero-order valence-corrected chi connectivity index (χ0v) is 10.00. The van der Waals surface area contributed by atoms with Gasteiger partial charge in [0.25, 0.3) is 0 Å². The molecule has 0 atom stereocenters. The average Bonchev–Trinajstić information content (AvgIpc) is 2.28. The van der Waals surface area contributed by atoms with Crippen molar-refractivity contribution in [1.29, 1.82) is 0 Å². The van der Waals surface area contributed by atoms with Crippen LogP contribution in [-0.2, 0) is 6.54 Å². The summed E-state index contributed by atoms with van der Waals surface area (Å²) in [6, 6.07) is 7.63. The molecule has 0 saturated carbocycles. The fourth-order valence-electron chi connectivity index (χ4n) is 1.84. The molecular formula is C14H15FN2. The Kier molecular flexibility index (Phi) is 3.38. The predicted molar refractivity (Wildman–Crippen MR) is 67.4 cm³/mol. The molecule has 17 heavy (non-hydrogen) atoms. The third-order valence-corrected chi connectivity index (χ3v) is 2.71. The fourth-order valence-corrected chi connectivity index (χ4v) is 1.84. The van der Waals surface area contributed by atoms with Gasteiger partial charge in [-0.2, -0.15) is 0 Å². The minimum absolute atomic E-state index is 0.300. The van der Waals surface area contributed by atoms with Crippen molar-refractivity contribution in [2.75, 3.05) is 5.32 Å². The number of aryl methyl sites for hydroxylation is 2. The highest BCUT2D eigenvalue weighted by Crippen LogP contribution is 2.20. The molecule has 0 saturated heterocycles. The topological polar surface area (TPSA) is 24.9 Å². The van der Waals surface area contributed by atoms with Crippen LogP contribution in [0.1, 0.15) is 16.7 Å². The van der Waals surface area contributed by atoms with Gasteiger partial charge in [0, 0.05) is 18.4 Å². The first-order chi connectivity index (χ1) is 8.16. The normalized spacial score (nSPS) is 10.3. The molecule has 88 valence electrons. The SMILES string of the molecule is Cc1cccc(C)c1NCc1cncc(F)c1. The van der Waals surface area contributed by atoms with E-state index in [9.17, 15) is 4.39 Å². The summed E-state index contributed by atoms with van der Waals surface area (Å²) < 4.78 is 13.0. The molecule has 2 nitrogen and oxygen atoms in total. The maximum absolute atomic E-state index is 13.0. The highest BCUT2D eigenvalue weighted by molar-refractivity contribution is 5.56. The molecule has 0 unspecified atom stereocenters.